The summed E-state index contributed by atoms with van der Waals surface area (Å²) < 4.78 is 9.68. The topological polar surface area (TPSA) is 94.3 Å². The molecule has 0 radical (unpaired) electrons. The van der Waals surface area contributed by atoms with Gasteiger partial charge in [-0.25, -0.2) is 0 Å². The molecule has 0 spiro atoms. The van der Waals surface area contributed by atoms with Crippen LogP contribution in [0.1, 0.15) is 19.3 Å². The lowest BCUT2D eigenvalue weighted by Crippen LogP contribution is -2.30. The number of hydrogen-bond donors (Lipinski definition) is 0. The van der Waals surface area contributed by atoms with Crippen LogP contribution in [0.5, 0.6) is 11.6 Å². The molecule has 0 N–H and O–H groups in total. The highest BCUT2D eigenvalue weighted by Gasteiger charge is 2.23. The third-order valence-electron chi connectivity index (χ3n) is 4.41. The lowest BCUT2D eigenvalue weighted by atomic mass is 10.1. The van der Waals surface area contributed by atoms with Gasteiger partial charge in [-0.1, -0.05) is 4.49 Å². The van der Waals surface area contributed by atoms with E-state index in [2.05, 4.69) is 14.6 Å². The highest BCUT2D eigenvalue weighted by Crippen LogP contribution is 2.32. The van der Waals surface area contributed by atoms with Crippen molar-refractivity contribution in [1.82, 2.24) is 14.6 Å². The number of nitro groups is 1. The predicted octanol–water partition coefficient (Wildman–Crippen LogP) is 4.29. The zero-order valence-electron chi connectivity index (χ0n) is 14.4. The summed E-state index contributed by atoms with van der Waals surface area (Å²) in [7, 11) is 0. The lowest BCUT2D eigenvalue weighted by Gasteiger charge is -2.27. The second kappa shape index (κ2) is 7.67. The summed E-state index contributed by atoms with van der Waals surface area (Å²) >= 11 is 1.30. The average molecular weight is 383 g/mol. The summed E-state index contributed by atoms with van der Waals surface area (Å²) in [4.78, 5) is 17.4. The van der Waals surface area contributed by atoms with E-state index in [1.807, 2.05) is 34.5 Å². The Morgan fingerprint density at radius 3 is 2.52 bits per heavy atom. The summed E-state index contributed by atoms with van der Waals surface area (Å²) in [6, 6.07) is 10.4. The molecule has 2 aromatic heterocycles. The second-order valence-corrected chi connectivity index (χ2v) is 6.82. The van der Waals surface area contributed by atoms with Gasteiger partial charge < -0.3 is 9.64 Å². The van der Waals surface area contributed by atoms with Gasteiger partial charge in [0.15, 0.2) is 0 Å². The quantitative estimate of drug-likeness (QED) is 0.479. The molecule has 0 bridgehead atoms. The maximum absolute atomic E-state index is 11.4. The van der Waals surface area contributed by atoms with Crippen molar-refractivity contribution in [3.05, 3.63) is 51.9 Å². The molecule has 8 nitrogen and oxygen atoms in total. The van der Waals surface area contributed by atoms with E-state index in [0.29, 0.717) is 17.4 Å². The van der Waals surface area contributed by atoms with Crippen molar-refractivity contribution in [2.45, 2.75) is 19.3 Å². The third kappa shape index (κ3) is 3.87. The molecule has 1 aliphatic rings. The largest absolute Gasteiger partial charge is 0.439 e. The SMILES string of the molecule is O=[N+]([O-])c1ccc(Oc2ccc(-c3csnn3)cc2)nc1N1CCCCC1. The number of ether oxygens (including phenoxy) is 1. The first-order valence-corrected chi connectivity index (χ1v) is 9.50. The van der Waals surface area contributed by atoms with Gasteiger partial charge in [0.05, 0.1) is 4.92 Å². The van der Waals surface area contributed by atoms with Crippen molar-refractivity contribution in [1.29, 1.82) is 0 Å². The molecular formula is C18H17N5O3S. The summed E-state index contributed by atoms with van der Waals surface area (Å²) in [6.45, 7) is 1.54. The monoisotopic (exact) mass is 383 g/mol. The third-order valence-corrected chi connectivity index (χ3v) is 4.92. The first-order valence-electron chi connectivity index (χ1n) is 8.66. The number of nitrogens with zero attached hydrogens (tertiary/aromatic N) is 5. The first kappa shape index (κ1) is 17.3. The highest BCUT2D eigenvalue weighted by molar-refractivity contribution is 7.03. The number of pyridine rings is 1. The van der Waals surface area contributed by atoms with Gasteiger partial charge in [-0.3, -0.25) is 10.1 Å². The lowest BCUT2D eigenvalue weighted by molar-refractivity contribution is -0.384. The Morgan fingerprint density at radius 2 is 1.85 bits per heavy atom. The molecule has 1 aromatic carbocycles. The smallest absolute Gasteiger partial charge is 0.311 e. The van der Waals surface area contributed by atoms with Gasteiger partial charge in [-0.15, -0.1) is 5.10 Å². The summed E-state index contributed by atoms with van der Waals surface area (Å²) in [6.07, 6.45) is 3.16. The molecule has 0 unspecified atom stereocenters. The van der Waals surface area contributed by atoms with E-state index in [1.54, 1.807) is 0 Å². The summed E-state index contributed by atoms with van der Waals surface area (Å²) in [5.41, 5.74) is 1.77. The molecule has 9 heteroatoms. The maximum Gasteiger partial charge on any atom is 0.311 e. The first-order chi connectivity index (χ1) is 13.2. The summed E-state index contributed by atoms with van der Waals surface area (Å²) in [5.74, 6) is 1.32. The Hall–Kier alpha value is -3.07. The zero-order valence-corrected chi connectivity index (χ0v) is 15.3. The van der Waals surface area contributed by atoms with Crippen LogP contribution in [0.25, 0.3) is 11.3 Å². The molecule has 0 saturated carbocycles. The Labute approximate surface area is 159 Å². The minimum absolute atomic E-state index is 0.00984. The average Bonchev–Trinajstić information content (AvgIpc) is 3.24. The fourth-order valence-electron chi connectivity index (χ4n) is 3.07. The molecular weight excluding hydrogens is 366 g/mol. The van der Waals surface area contributed by atoms with Gasteiger partial charge in [0.1, 0.15) is 11.4 Å². The number of hydrogen-bond acceptors (Lipinski definition) is 8. The number of rotatable bonds is 5. The van der Waals surface area contributed by atoms with E-state index in [0.717, 1.165) is 43.6 Å². The van der Waals surface area contributed by atoms with E-state index in [-0.39, 0.29) is 5.69 Å². The van der Waals surface area contributed by atoms with Crippen LogP contribution in [0.4, 0.5) is 11.5 Å². The van der Waals surface area contributed by atoms with Crippen LogP contribution in [0, 0.1) is 10.1 Å². The van der Waals surface area contributed by atoms with Crippen LogP contribution < -0.4 is 9.64 Å². The van der Waals surface area contributed by atoms with Gasteiger partial charge in [-0.2, -0.15) is 4.98 Å². The molecule has 1 fully saturated rings. The van der Waals surface area contributed by atoms with Gasteiger partial charge in [0.25, 0.3) is 0 Å². The van der Waals surface area contributed by atoms with Crippen molar-refractivity contribution in [3.63, 3.8) is 0 Å². The minimum atomic E-state index is -0.391. The van der Waals surface area contributed by atoms with Gasteiger partial charge in [0.2, 0.25) is 11.7 Å². The van der Waals surface area contributed by atoms with Crippen LogP contribution in [0.3, 0.4) is 0 Å². The molecule has 138 valence electrons. The number of benzene rings is 1. The molecule has 1 saturated heterocycles. The van der Waals surface area contributed by atoms with Crippen molar-refractivity contribution < 1.29 is 9.66 Å². The van der Waals surface area contributed by atoms with Crippen LogP contribution in [0.2, 0.25) is 0 Å². The van der Waals surface area contributed by atoms with E-state index in [9.17, 15) is 10.1 Å². The Morgan fingerprint density at radius 1 is 1.07 bits per heavy atom. The van der Waals surface area contributed by atoms with E-state index in [4.69, 9.17) is 4.74 Å². The Bertz CT molecular complexity index is 925. The number of anilines is 1. The molecule has 0 atom stereocenters. The highest BCUT2D eigenvalue weighted by atomic mass is 32.1. The molecule has 0 amide bonds. The molecule has 27 heavy (non-hydrogen) atoms. The Kier molecular flexibility index (Phi) is 4.93. The fourth-order valence-corrected chi connectivity index (χ4v) is 3.53. The Balaban J connectivity index is 1.57. The molecule has 4 rings (SSSR count). The summed E-state index contributed by atoms with van der Waals surface area (Å²) in [5, 5.41) is 17.3. The van der Waals surface area contributed by atoms with E-state index >= 15 is 0 Å². The molecule has 1 aliphatic heterocycles. The van der Waals surface area contributed by atoms with E-state index in [1.165, 1.54) is 23.7 Å². The van der Waals surface area contributed by atoms with Crippen LogP contribution >= 0.6 is 11.5 Å². The van der Waals surface area contributed by atoms with E-state index < -0.39 is 4.92 Å². The van der Waals surface area contributed by atoms with Crippen molar-refractivity contribution >= 4 is 23.0 Å². The zero-order chi connectivity index (χ0) is 18.6. The molecule has 3 heterocycles. The second-order valence-electron chi connectivity index (χ2n) is 6.21. The maximum atomic E-state index is 11.4. The molecule has 3 aromatic rings. The number of piperidine rings is 1. The minimum Gasteiger partial charge on any atom is -0.439 e. The fraction of sp³-hybridized carbons (Fsp3) is 0.278. The van der Waals surface area contributed by atoms with Gasteiger partial charge in [-0.05, 0) is 55.1 Å². The van der Waals surface area contributed by atoms with Gasteiger partial charge >= 0.3 is 5.69 Å². The van der Waals surface area contributed by atoms with Crippen molar-refractivity contribution in [3.8, 4) is 22.9 Å². The van der Waals surface area contributed by atoms with Crippen LogP contribution in [-0.2, 0) is 0 Å². The van der Waals surface area contributed by atoms with Crippen LogP contribution in [0.15, 0.2) is 41.8 Å². The number of aromatic nitrogens is 3. The standard InChI is InChI=1S/C18H17N5O3S/c24-23(25)16-8-9-17(19-18(16)22-10-2-1-3-11-22)26-14-6-4-13(5-7-14)15-12-27-21-20-15/h4-9,12H,1-3,10-11H2. The normalized spacial score (nSPS) is 14.1. The van der Waals surface area contributed by atoms with Gasteiger partial charge in [0, 0.05) is 36.2 Å². The van der Waals surface area contributed by atoms with Crippen molar-refractivity contribution in [2.75, 3.05) is 18.0 Å². The molecule has 0 aliphatic carbocycles. The van der Waals surface area contributed by atoms with Crippen molar-refractivity contribution in [2.24, 2.45) is 0 Å². The van der Waals surface area contributed by atoms with Crippen LogP contribution in [-0.4, -0.2) is 32.6 Å². The predicted molar refractivity (Wildman–Crippen MR) is 102 cm³/mol.